The molecule has 0 radical (unpaired) electrons. The zero-order valence-corrected chi connectivity index (χ0v) is 38.8. The molecule has 0 bridgehead atoms. The summed E-state index contributed by atoms with van der Waals surface area (Å²) in [5.41, 5.74) is 31.0. The van der Waals surface area contributed by atoms with E-state index < -0.39 is 0 Å². The Bertz CT molecular complexity index is 3990. The first-order valence-electron chi connectivity index (χ1n) is 24.1. The van der Waals surface area contributed by atoms with E-state index in [1.807, 2.05) is 0 Å². The van der Waals surface area contributed by atoms with Gasteiger partial charge in [0, 0.05) is 59.9 Å². The summed E-state index contributed by atoms with van der Waals surface area (Å²) in [7, 11) is 9.10. The summed E-state index contributed by atoms with van der Waals surface area (Å²) in [5.74, 6) is 0. The molecule has 0 N–H and O–H groups in total. The van der Waals surface area contributed by atoms with Gasteiger partial charge in [-0.25, -0.2) is 0 Å². The molecule has 0 saturated heterocycles. The van der Waals surface area contributed by atoms with Crippen LogP contribution in [0.1, 0.15) is 0 Å². The number of anilines is 20. The number of nitrogens with zero attached hydrogens (tertiary/aromatic N) is 8. The maximum absolute atomic E-state index is 2.67. The summed E-state index contributed by atoms with van der Waals surface area (Å²) in [4.78, 5) is 20.5. The van der Waals surface area contributed by atoms with Gasteiger partial charge in [0.15, 0.2) is 0 Å². The molecule has 0 saturated carbocycles. The highest BCUT2D eigenvalue weighted by atomic mass is 32.1. The van der Waals surface area contributed by atoms with Crippen molar-refractivity contribution in [3.63, 3.8) is 0 Å². The van der Waals surface area contributed by atoms with Gasteiger partial charge in [0.2, 0.25) is 0 Å². The van der Waals surface area contributed by atoms with Gasteiger partial charge in [-0.3, -0.25) is 0 Å². The first-order chi connectivity index (χ1) is 34.0. The van der Waals surface area contributed by atoms with Crippen molar-refractivity contribution in [3.8, 4) is 0 Å². The van der Waals surface area contributed by atoms with Crippen LogP contribution in [-0.2, 0) is 0 Å². The fourth-order valence-corrected chi connectivity index (χ4v) is 16.4. The van der Waals surface area contributed by atoms with Crippen LogP contribution in [0.25, 0.3) is 21.5 Å². The second-order valence-corrected chi connectivity index (χ2v) is 21.3. The Hall–Kier alpha value is -8.27. The topological polar surface area (TPSA) is 25.9 Å². The van der Waals surface area contributed by atoms with Crippen LogP contribution in [-0.4, -0.2) is 41.6 Å². The summed E-state index contributed by atoms with van der Waals surface area (Å²) in [6.07, 6.45) is 0. The van der Waals surface area contributed by atoms with Gasteiger partial charge >= 0.3 is 0 Å². The number of hydrogen-bond acceptors (Lipinski definition) is 9. The van der Waals surface area contributed by atoms with E-state index in [1.54, 1.807) is 0 Å². The van der Waals surface area contributed by atoms with Crippen LogP contribution in [0.3, 0.4) is 0 Å². The van der Waals surface area contributed by atoms with Crippen molar-refractivity contribution in [2.75, 3.05) is 67.4 Å². The van der Waals surface area contributed by atoms with Crippen molar-refractivity contribution in [3.05, 3.63) is 146 Å². The zero-order chi connectivity index (χ0) is 44.8. The fourth-order valence-electron chi connectivity index (χ4n) is 14.9. The zero-order valence-electron chi connectivity index (χ0n) is 38.0. The normalized spacial score (nSPS) is 16.1. The van der Waals surface area contributed by atoms with Crippen molar-refractivity contribution in [2.45, 2.75) is 0 Å². The standard InChI is InChI=1S/C58H36B2N8S/c1-61-39-19-11-21-41-51(39)67-49-33(27-29-13-5-7-15-31(29)47(49)63(41)3)59-45-37(23-25-43(61)53(45)67)65-35-17-9-10-18-36(35)66-38-24-26-44-54-46(38)60(58-56(66)55(65)57(59)69-58)34-28-30-14-6-8-16-32(30)48-50(34)68(54)52-40(62(44)2)20-12-22-42(52)64(48)4/h5-28H,1-4H3. The summed E-state index contributed by atoms with van der Waals surface area (Å²) >= 11 is 2.08. The molecule has 8 nitrogen and oxygen atoms in total. The molecule has 0 spiro atoms. The SMILES string of the molecule is CN1c2cccc3c2N2c4c1ccc1c4B(c4cc5ccccc5c(c42)N3C)c2sc3c4c2N1c1ccccc1N4c1ccc2c4c1B3c1cc3ccccc3c3c1N4c1c(cccc1N3C)N2C. The molecule has 19 rings (SSSR count). The number of benzene rings is 9. The second-order valence-electron chi connectivity index (χ2n) is 20.3. The lowest BCUT2D eigenvalue weighted by molar-refractivity contribution is 1.08. The van der Waals surface area contributed by atoms with Crippen molar-refractivity contribution >= 4 is 191 Å². The highest BCUT2D eigenvalue weighted by Gasteiger charge is 2.57. The molecule has 9 aromatic carbocycles. The Morgan fingerprint density at radius 1 is 0.304 bits per heavy atom. The van der Waals surface area contributed by atoms with Crippen LogP contribution in [0.15, 0.2) is 146 Å². The Balaban J connectivity index is 0.981. The predicted octanol–water partition coefficient (Wildman–Crippen LogP) is 10.9. The van der Waals surface area contributed by atoms with Gasteiger partial charge < -0.3 is 39.2 Å². The Kier molecular flexibility index (Phi) is 5.58. The van der Waals surface area contributed by atoms with Crippen LogP contribution >= 0.6 is 11.3 Å². The number of para-hydroxylation sites is 4. The molecule has 1 aromatic heterocycles. The third-order valence-electron chi connectivity index (χ3n) is 17.5. The highest BCUT2D eigenvalue weighted by molar-refractivity contribution is 7.39. The monoisotopic (exact) mass is 898 g/mol. The van der Waals surface area contributed by atoms with Gasteiger partial charge in [0.25, 0.3) is 13.4 Å². The average molecular weight is 899 g/mol. The molecule has 320 valence electrons. The van der Waals surface area contributed by atoms with Crippen LogP contribution in [0.4, 0.5) is 114 Å². The molecule has 0 unspecified atom stereocenters. The van der Waals surface area contributed by atoms with Gasteiger partial charge in [-0.05, 0) is 93.3 Å². The highest BCUT2D eigenvalue weighted by Crippen LogP contribution is 2.67. The maximum Gasteiger partial charge on any atom is 0.264 e. The number of rotatable bonds is 0. The van der Waals surface area contributed by atoms with Crippen LogP contribution in [0.2, 0.25) is 0 Å². The van der Waals surface area contributed by atoms with E-state index in [0.29, 0.717) is 0 Å². The van der Waals surface area contributed by atoms with E-state index in [1.165, 1.54) is 167 Å². The van der Waals surface area contributed by atoms with E-state index in [0.717, 1.165) is 0 Å². The number of thiophene rings is 1. The molecule has 9 aliphatic rings. The van der Waals surface area contributed by atoms with E-state index in [9.17, 15) is 0 Å². The molecule has 11 heteroatoms. The van der Waals surface area contributed by atoms with Crippen molar-refractivity contribution in [1.82, 2.24) is 0 Å². The molecule has 0 aliphatic carbocycles. The summed E-state index contributed by atoms with van der Waals surface area (Å²) < 4.78 is 2.85. The lowest BCUT2D eigenvalue weighted by atomic mass is 9.34. The number of fused-ring (bicyclic) bond motifs is 13. The largest absolute Gasteiger partial charge is 0.341 e. The third kappa shape index (κ3) is 3.49. The van der Waals surface area contributed by atoms with Gasteiger partial charge in [-0.2, -0.15) is 11.3 Å². The van der Waals surface area contributed by atoms with E-state index in [2.05, 4.69) is 224 Å². The van der Waals surface area contributed by atoms with Gasteiger partial charge in [-0.1, -0.05) is 84.9 Å². The minimum absolute atomic E-state index is 0.00136. The summed E-state index contributed by atoms with van der Waals surface area (Å²) in [6, 6.07) is 55.8. The van der Waals surface area contributed by atoms with Crippen molar-refractivity contribution in [1.29, 1.82) is 0 Å². The molecule has 10 aromatic rings. The van der Waals surface area contributed by atoms with E-state index in [-0.39, 0.29) is 13.4 Å². The van der Waals surface area contributed by atoms with Crippen molar-refractivity contribution < 1.29 is 0 Å². The summed E-state index contributed by atoms with van der Waals surface area (Å²) in [5, 5.41) is 5.12. The van der Waals surface area contributed by atoms with Crippen LogP contribution in [0, 0.1) is 0 Å². The quantitative estimate of drug-likeness (QED) is 0.139. The second kappa shape index (κ2) is 11.0. The first-order valence-corrected chi connectivity index (χ1v) is 24.9. The lowest BCUT2D eigenvalue weighted by Gasteiger charge is -2.53. The van der Waals surface area contributed by atoms with Crippen LogP contribution < -0.4 is 70.6 Å². The third-order valence-corrected chi connectivity index (χ3v) is 18.8. The van der Waals surface area contributed by atoms with Gasteiger partial charge in [0.05, 0.1) is 102 Å². The minimum Gasteiger partial charge on any atom is -0.341 e. The molecule has 0 atom stereocenters. The molecular formula is C58H36B2N8S. The summed E-state index contributed by atoms with van der Waals surface area (Å²) in [6.45, 7) is 0.00272. The van der Waals surface area contributed by atoms with Gasteiger partial charge in [-0.15, -0.1) is 0 Å². The van der Waals surface area contributed by atoms with Crippen molar-refractivity contribution in [2.24, 2.45) is 0 Å². The molecule has 10 heterocycles. The Morgan fingerprint density at radius 3 is 1.14 bits per heavy atom. The molecule has 0 fully saturated rings. The average Bonchev–Trinajstić information content (AvgIpc) is 3.78. The molecular weight excluding hydrogens is 862 g/mol. The smallest absolute Gasteiger partial charge is 0.264 e. The predicted molar refractivity (Wildman–Crippen MR) is 293 cm³/mol. The Morgan fingerprint density at radius 2 is 0.681 bits per heavy atom. The minimum atomic E-state index is 0.00136. The van der Waals surface area contributed by atoms with Crippen LogP contribution in [0.5, 0.6) is 0 Å². The van der Waals surface area contributed by atoms with Gasteiger partial charge in [0.1, 0.15) is 0 Å². The number of hydrogen-bond donors (Lipinski definition) is 0. The molecule has 0 amide bonds. The molecule has 69 heavy (non-hydrogen) atoms. The van der Waals surface area contributed by atoms with E-state index >= 15 is 0 Å². The fraction of sp³-hybridized carbons (Fsp3) is 0.0690. The first kappa shape index (κ1) is 35.0. The lowest BCUT2D eigenvalue weighted by Crippen LogP contribution is -2.62. The van der Waals surface area contributed by atoms with E-state index in [4.69, 9.17) is 0 Å². The maximum atomic E-state index is 2.67. The Labute approximate surface area is 402 Å². The molecule has 9 aliphatic heterocycles.